The first-order valence-corrected chi connectivity index (χ1v) is 13.2. The Morgan fingerprint density at radius 3 is 2.62 bits per heavy atom. The number of ether oxygens (including phenoxy) is 2. The average Bonchev–Trinajstić information content (AvgIpc) is 3.36. The first-order valence-electron chi connectivity index (χ1n) is 10.9. The summed E-state index contributed by atoms with van der Waals surface area (Å²) in [5.74, 6) is 0.468. The fourth-order valence-electron chi connectivity index (χ4n) is 3.85. The van der Waals surface area contributed by atoms with E-state index in [0.29, 0.717) is 28.0 Å². The summed E-state index contributed by atoms with van der Waals surface area (Å²) in [5.41, 5.74) is 0.227. The van der Waals surface area contributed by atoms with Crippen LogP contribution in [0.4, 0.5) is 18.3 Å². The summed E-state index contributed by atoms with van der Waals surface area (Å²) in [7, 11) is -3.92. The molecule has 3 heterocycles. The van der Waals surface area contributed by atoms with E-state index >= 15 is 0 Å². The SMILES string of the molecule is O=S(=O)(Nc1nccs1)c1ccc2c(c1)OCC[C@H]2Oc1ccc(C(F)(F)F)cc1-c1cc[n+]([O-])cc1. The molecule has 37 heavy (non-hydrogen) atoms. The maximum absolute atomic E-state index is 13.4. The van der Waals surface area contributed by atoms with Gasteiger partial charge in [-0.25, -0.2) is 13.4 Å². The van der Waals surface area contributed by atoms with Crippen molar-refractivity contribution in [3.8, 4) is 22.6 Å². The molecule has 0 radical (unpaired) electrons. The second-order valence-electron chi connectivity index (χ2n) is 8.04. The quantitative estimate of drug-likeness (QED) is 0.263. The predicted octanol–water partition coefficient (Wildman–Crippen LogP) is 5.17. The molecule has 0 saturated carbocycles. The largest absolute Gasteiger partial charge is 0.619 e. The Morgan fingerprint density at radius 1 is 1.14 bits per heavy atom. The van der Waals surface area contributed by atoms with Crippen molar-refractivity contribution >= 4 is 26.5 Å². The predicted molar refractivity (Wildman–Crippen MR) is 129 cm³/mol. The summed E-state index contributed by atoms with van der Waals surface area (Å²) in [6, 6.07) is 10.3. The van der Waals surface area contributed by atoms with Gasteiger partial charge in [0.1, 0.15) is 17.6 Å². The first-order chi connectivity index (χ1) is 17.6. The highest BCUT2D eigenvalue weighted by molar-refractivity contribution is 7.93. The van der Waals surface area contributed by atoms with Gasteiger partial charge < -0.3 is 14.7 Å². The van der Waals surface area contributed by atoms with Crippen molar-refractivity contribution in [2.75, 3.05) is 11.3 Å². The van der Waals surface area contributed by atoms with Crippen LogP contribution in [0.25, 0.3) is 11.1 Å². The normalized spacial score (nSPS) is 15.5. The molecular formula is C24H18F3N3O5S2. The monoisotopic (exact) mass is 549 g/mol. The Hall–Kier alpha value is -3.84. The molecule has 0 bridgehead atoms. The van der Waals surface area contributed by atoms with Crippen molar-refractivity contribution < 1.29 is 35.8 Å². The summed E-state index contributed by atoms with van der Waals surface area (Å²) < 4.78 is 80.5. The molecule has 0 unspecified atom stereocenters. The smallest absolute Gasteiger partial charge is 0.416 e. The van der Waals surface area contributed by atoms with Gasteiger partial charge in [-0.05, 0) is 29.8 Å². The second-order valence-corrected chi connectivity index (χ2v) is 10.6. The third-order valence-electron chi connectivity index (χ3n) is 5.62. The Kier molecular flexibility index (Phi) is 6.42. The number of rotatable bonds is 6. The zero-order valence-corrected chi connectivity index (χ0v) is 20.4. The van der Waals surface area contributed by atoms with Gasteiger partial charge in [-0.1, -0.05) is 6.07 Å². The number of aromatic nitrogens is 2. The molecular weight excluding hydrogens is 531 g/mol. The third-order valence-corrected chi connectivity index (χ3v) is 7.78. The number of anilines is 1. The van der Waals surface area contributed by atoms with Crippen molar-refractivity contribution in [3.05, 3.63) is 88.8 Å². The van der Waals surface area contributed by atoms with Gasteiger partial charge in [0.15, 0.2) is 17.5 Å². The molecule has 0 amide bonds. The number of hydrogen-bond acceptors (Lipinski definition) is 7. The van der Waals surface area contributed by atoms with E-state index < -0.39 is 27.9 Å². The van der Waals surface area contributed by atoms with Crippen molar-refractivity contribution in [3.63, 3.8) is 0 Å². The van der Waals surface area contributed by atoms with Crippen LogP contribution in [-0.4, -0.2) is 20.0 Å². The van der Waals surface area contributed by atoms with E-state index in [4.69, 9.17) is 9.47 Å². The van der Waals surface area contributed by atoms with Gasteiger partial charge in [0.2, 0.25) is 0 Å². The van der Waals surface area contributed by atoms with E-state index in [9.17, 15) is 26.8 Å². The number of hydrogen-bond donors (Lipinski definition) is 1. The van der Waals surface area contributed by atoms with Crippen LogP contribution in [-0.2, 0) is 16.2 Å². The Bertz CT molecular complexity index is 1530. The Morgan fingerprint density at radius 2 is 1.92 bits per heavy atom. The van der Waals surface area contributed by atoms with E-state index in [1.54, 1.807) is 11.4 Å². The van der Waals surface area contributed by atoms with Gasteiger partial charge in [0, 0.05) is 47.3 Å². The van der Waals surface area contributed by atoms with Crippen LogP contribution in [0.15, 0.2) is 77.4 Å². The van der Waals surface area contributed by atoms with Crippen LogP contribution in [0.5, 0.6) is 11.5 Å². The van der Waals surface area contributed by atoms with Crippen LogP contribution in [0.2, 0.25) is 0 Å². The minimum absolute atomic E-state index is 0.0347. The summed E-state index contributed by atoms with van der Waals surface area (Å²) in [6.07, 6.45) is -0.956. The number of fused-ring (bicyclic) bond motifs is 1. The minimum Gasteiger partial charge on any atom is -0.619 e. The van der Waals surface area contributed by atoms with Crippen LogP contribution < -0.4 is 18.9 Å². The molecule has 0 fully saturated rings. The van der Waals surface area contributed by atoms with Gasteiger partial charge in [0.05, 0.1) is 17.1 Å². The molecule has 4 aromatic rings. The highest BCUT2D eigenvalue weighted by atomic mass is 32.2. The summed E-state index contributed by atoms with van der Waals surface area (Å²) >= 11 is 1.14. The molecule has 0 aliphatic carbocycles. The van der Waals surface area contributed by atoms with E-state index in [1.165, 1.54) is 48.9 Å². The maximum atomic E-state index is 13.4. The molecule has 1 aliphatic rings. The number of benzene rings is 2. The first kappa shape index (κ1) is 24.8. The summed E-state index contributed by atoms with van der Waals surface area (Å²) in [5, 5.41) is 13.3. The fraction of sp³-hybridized carbons (Fsp3) is 0.167. The highest BCUT2D eigenvalue weighted by Crippen LogP contribution is 2.42. The highest BCUT2D eigenvalue weighted by Gasteiger charge is 2.32. The zero-order valence-electron chi connectivity index (χ0n) is 18.8. The van der Waals surface area contributed by atoms with Crippen LogP contribution in [0.1, 0.15) is 23.7 Å². The number of nitrogens with one attached hydrogen (secondary N) is 1. The zero-order chi connectivity index (χ0) is 26.2. The molecule has 192 valence electrons. The van der Waals surface area contributed by atoms with E-state index in [2.05, 4.69) is 9.71 Å². The number of alkyl halides is 3. The molecule has 1 N–H and O–H groups in total. The van der Waals surface area contributed by atoms with Crippen molar-refractivity contribution in [2.24, 2.45) is 0 Å². The lowest BCUT2D eigenvalue weighted by Crippen LogP contribution is -2.23. The molecule has 8 nitrogen and oxygen atoms in total. The molecule has 1 aliphatic heterocycles. The summed E-state index contributed by atoms with van der Waals surface area (Å²) in [6.45, 7) is 0.207. The van der Waals surface area contributed by atoms with Crippen LogP contribution in [0, 0.1) is 5.21 Å². The lowest BCUT2D eigenvalue weighted by Gasteiger charge is -2.28. The number of halogens is 3. The third kappa shape index (κ3) is 5.32. The molecule has 5 rings (SSSR count). The topological polar surface area (TPSA) is 104 Å². The molecule has 13 heteroatoms. The lowest BCUT2D eigenvalue weighted by atomic mass is 10.0. The van der Waals surface area contributed by atoms with Crippen molar-refractivity contribution in [1.29, 1.82) is 0 Å². The maximum Gasteiger partial charge on any atom is 0.416 e. The number of pyridine rings is 1. The van der Waals surface area contributed by atoms with Crippen LogP contribution in [0.3, 0.4) is 0 Å². The lowest BCUT2D eigenvalue weighted by molar-refractivity contribution is -0.605. The van der Waals surface area contributed by atoms with Crippen molar-refractivity contribution in [2.45, 2.75) is 23.6 Å². The molecule has 0 spiro atoms. The summed E-state index contributed by atoms with van der Waals surface area (Å²) in [4.78, 5) is 3.89. The number of thiazole rings is 1. The average molecular weight is 550 g/mol. The minimum atomic E-state index is -4.57. The van der Waals surface area contributed by atoms with Gasteiger partial charge in [-0.15, -0.1) is 11.3 Å². The second kappa shape index (κ2) is 9.56. The standard InChI is InChI=1S/C24H18F3N3O5S2/c25-24(26,27)16-1-4-20(19(13-16)15-5-9-30(31)10-6-15)35-21-7-11-34-22-14-17(2-3-18(21)22)37(32,33)29-23-28-8-12-36-23/h1-6,8-10,12-14,21H,7,11H2,(H,28,29)/t21-/m1/s1. The van der Waals surface area contributed by atoms with E-state index in [1.807, 2.05) is 0 Å². The molecule has 2 aromatic carbocycles. The molecule has 0 saturated heterocycles. The van der Waals surface area contributed by atoms with E-state index in [-0.39, 0.29) is 27.9 Å². The van der Waals surface area contributed by atoms with E-state index in [0.717, 1.165) is 23.5 Å². The van der Waals surface area contributed by atoms with Gasteiger partial charge in [0.25, 0.3) is 10.0 Å². The Balaban J connectivity index is 1.47. The fourth-order valence-corrected chi connectivity index (χ4v) is 5.66. The number of nitrogens with zero attached hydrogens (tertiary/aromatic N) is 2. The molecule has 2 aromatic heterocycles. The van der Waals surface area contributed by atoms with Crippen molar-refractivity contribution in [1.82, 2.24) is 4.98 Å². The Labute approximate surface area is 213 Å². The van der Waals surface area contributed by atoms with Gasteiger partial charge in [-0.3, -0.25) is 4.72 Å². The van der Waals surface area contributed by atoms with Crippen LogP contribution >= 0.6 is 11.3 Å². The molecule has 1 atom stereocenters. The van der Waals surface area contributed by atoms with Gasteiger partial charge >= 0.3 is 6.18 Å². The van der Waals surface area contributed by atoms with Gasteiger partial charge in [-0.2, -0.15) is 17.9 Å². The number of sulfonamides is 1.